The number of pyridine rings is 1. The van der Waals surface area contributed by atoms with Crippen LogP contribution in [0.5, 0.6) is 0 Å². The van der Waals surface area contributed by atoms with Gasteiger partial charge >= 0.3 is 0 Å². The molecular weight excluding hydrogens is 785 g/mol. The molecule has 0 unspecified atom stereocenters. The molecule has 0 bridgehead atoms. The van der Waals surface area contributed by atoms with Crippen molar-refractivity contribution in [2.45, 2.75) is 202 Å². The van der Waals surface area contributed by atoms with E-state index in [0.717, 1.165) is 57.3 Å². The van der Waals surface area contributed by atoms with Crippen LogP contribution in [0.1, 0.15) is 188 Å². The number of likely N-dealkylation sites (tertiary alicyclic amines) is 1. The lowest BCUT2D eigenvalue weighted by Gasteiger charge is -2.43. The average Bonchev–Trinajstić information content (AvgIpc) is 3.09. The van der Waals surface area contributed by atoms with E-state index in [1.54, 1.807) is 13.0 Å². The Morgan fingerprint density at radius 3 is 1.52 bits per heavy atom. The topological polar surface area (TPSA) is 26.1 Å². The normalized spacial score (nSPS) is 19.6. The summed E-state index contributed by atoms with van der Waals surface area (Å²) in [6.45, 7) is 55.9. The molecule has 5 rings (SSSR count). The summed E-state index contributed by atoms with van der Waals surface area (Å²) in [5.74, 6) is 0.882. The van der Waals surface area contributed by atoms with Gasteiger partial charge in [0.1, 0.15) is 5.67 Å². The van der Waals surface area contributed by atoms with E-state index in [2.05, 4.69) is 130 Å². The molecule has 0 N–H and O–H groups in total. The quantitative estimate of drug-likeness (QED) is 0.230. The van der Waals surface area contributed by atoms with Crippen molar-refractivity contribution in [3.05, 3.63) is 29.8 Å². The van der Waals surface area contributed by atoms with Crippen molar-refractivity contribution in [1.82, 2.24) is 19.6 Å². The van der Waals surface area contributed by atoms with Gasteiger partial charge in [0, 0.05) is 69.9 Å². The van der Waals surface area contributed by atoms with Crippen molar-refractivity contribution in [1.29, 1.82) is 0 Å². The second-order valence-electron chi connectivity index (χ2n) is 25.9. The molecular formula is C55H110F2N5O+. The molecule has 1 aromatic rings. The second-order valence-corrected chi connectivity index (χ2v) is 25.9. The molecule has 8 heteroatoms. The van der Waals surface area contributed by atoms with Crippen molar-refractivity contribution < 1.29 is 18.1 Å². The zero-order valence-electron chi connectivity index (χ0n) is 44.7. The van der Waals surface area contributed by atoms with E-state index in [0.29, 0.717) is 34.7 Å². The van der Waals surface area contributed by atoms with Gasteiger partial charge in [0.05, 0.1) is 13.2 Å². The Kier molecular flexibility index (Phi) is 28.3. The predicted octanol–water partition coefficient (Wildman–Crippen LogP) is 13.4. The van der Waals surface area contributed by atoms with Gasteiger partial charge in [-0.25, -0.2) is 13.3 Å². The van der Waals surface area contributed by atoms with E-state index in [9.17, 15) is 8.78 Å². The van der Waals surface area contributed by atoms with Crippen molar-refractivity contribution >= 4 is 0 Å². The predicted molar refractivity (Wildman–Crippen MR) is 272 cm³/mol. The lowest BCUT2D eigenvalue weighted by Crippen LogP contribution is -2.57. The van der Waals surface area contributed by atoms with Crippen LogP contribution in [0, 0.1) is 45.7 Å². The van der Waals surface area contributed by atoms with Crippen molar-refractivity contribution in [3.8, 4) is 0 Å². The van der Waals surface area contributed by atoms with Crippen LogP contribution in [-0.2, 0) is 11.3 Å². The fraction of sp³-hybridized carbons (Fsp3) is 0.909. The molecule has 6 nitrogen and oxygen atoms in total. The highest BCUT2D eigenvalue weighted by Gasteiger charge is 2.38. The highest BCUT2D eigenvalue weighted by Crippen LogP contribution is 2.34. The van der Waals surface area contributed by atoms with E-state index >= 15 is 0 Å². The maximum Gasteiger partial charge on any atom is 0.204 e. The molecule has 4 fully saturated rings. The number of piperazine rings is 1. The molecule has 63 heavy (non-hydrogen) atoms. The Hall–Kier alpha value is -1.19. The standard InChI is InChI=1S/C12H26N2.C11H17FN.C11H22.C10H20FN.C10H21NO.CH4/c1-5-6-13-7-9-14(10-8-13)11-12(2,3)4;1-9-5-10(12)7-13(6-9)8-11(2,3)4;1-11(2,3)9-10-7-5-4-6-8-10;1-9(2,3)5-6-12-7-10(4,11)8-12;1-10(2,3)4-5-11-6-8-12-9-7-11;/h5-11H2,1-4H3;5-7H,8H2,1-4H3;10H,4-9H2,1-3H3;5-8H2,1-4H3;4-9H2,1-3H3;1H4/q;+1;;;;. The summed E-state index contributed by atoms with van der Waals surface area (Å²) in [5.41, 5.74) is 2.10. The Labute approximate surface area is 393 Å². The molecule has 3 aliphatic heterocycles. The van der Waals surface area contributed by atoms with E-state index in [4.69, 9.17) is 4.74 Å². The number of aromatic nitrogens is 1. The van der Waals surface area contributed by atoms with Gasteiger partial charge in [-0.05, 0) is 92.8 Å². The van der Waals surface area contributed by atoms with Crippen LogP contribution in [0.25, 0.3) is 0 Å². The van der Waals surface area contributed by atoms with Crippen molar-refractivity contribution in [3.63, 3.8) is 0 Å². The molecule has 0 amide bonds. The van der Waals surface area contributed by atoms with Gasteiger partial charge in [-0.3, -0.25) is 9.80 Å². The average molecular weight is 896 g/mol. The third-order valence-corrected chi connectivity index (χ3v) is 11.6. The number of rotatable bonds is 9. The third-order valence-electron chi connectivity index (χ3n) is 11.6. The zero-order chi connectivity index (χ0) is 47.4. The summed E-state index contributed by atoms with van der Waals surface area (Å²) < 4.78 is 33.2. The lowest BCUT2D eigenvalue weighted by molar-refractivity contribution is -0.709. The minimum absolute atomic E-state index is 0. The number of alkyl halides is 1. The number of morpholine rings is 1. The van der Waals surface area contributed by atoms with E-state index in [1.165, 1.54) is 103 Å². The van der Waals surface area contributed by atoms with Gasteiger partial charge in [-0.1, -0.05) is 150 Å². The molecule has 4 heterocycles. The van der Waals surface area contributed by atoms with Crippen LogP contribution in [-0.4, -0.2) is 117 Å². The smallest absolute Gasteiger partial charge is 0.204 e. The summed E-state index contributed by atoms with van der Waals surface area (Å²) in [4.78, 5) is 9.87. The molecule has 1 aromatic heterocycles. The van der Waals surface area contributed by atoms with Gasteiger partial charge in [0.15, 0.2) is 18.6 Å². The fourth-order valence-electron chi connectivity index (χ4n) is 8.66. The molecule has 0 aromatic carbocycles. The maximum atomic E-state index is 13.0. The van der Waals surface area contributed by atoms with Gasteiger partial charge in [0.2, 0.25) is 6.20 Å². The van der Waals surface area contributed by atoms with Gasteiger partial charge in [-0.2, -0.15) is 0 Å². The summed E-state index contributed by atoms with van der Waals surface area (Å²) in [6.07, 6.45) is 16.1. The SMILES string of the molecule is C.CC(C)(C)CC1CCCCC1.CC(C)(C)CCN1CC(C)(F)C1.CC(C)(C)CCN1CCOCC1.CCCN1CCN(CC(C)(C)C)CC1.Cc1cc(F)c[n+](CC(C)(C)C)c1. The highest BCUT2D eigenvalue weighted by molar-refractivity contribution is 5.03. The van der Waals surface area contributed by atoms with Crippen LogP contribution in [0.3, 0.4) is 0 Å². The van der Waals surface area contributed by atoms with Gasteiger partial charge in [0.25, 0.3) is 0 Å². The number of aryl methyl sites for hydroxylation is 1. The van der Waals surface area contributed by atoms with E-state index < -0.39 is 5.67 Å². The lowest BCUT2D eigenvalue weighted by atomic mass is 9.78. The molecule has 1 saturated carbocycles. The maximum absolute atomic E-state index is 13.0. The summed E-state index contributed by atoms with van der Waals surface area (Å²) >= 11 is 0. The second kappa shape index (κ2) is 28.9. The van der Waals surface area contributed by atoms with Crippen LogP contribution >= 0.6 is 0 Å². The summed E-state index contributed by atoms with van der Waals surface area (Å²) in [6, 6.07) is 1.54. The monoisotopic (exact) mass is 895 g/mol. The van der Waals surface area contributed by atoms with Crippen molar-refractivity contribution in [2.75, 3.05) is 91.8 Å². The first kappa shape index (κ1) is 61.8. The zero-order valence-corrected chi connectivity index (χ0v) is 44.7. The molecule has 0 atom stereocenters. The third kappa shape index (κ3) is 35.6. The first-order valence-electron chi connectivity index (χ1n) is 25.1. The number of ether oxygens (including phenoxy) is 1. The molecule has 374 valence electrons. The van der Waals surface area contributed by atoms with Crippen LogP contribution in [0.2, 0.25) is 0 Å². The fourth-order valence-corrected chi connectivity index (χ4v) is 8.66. The Balaban J connectivity index is 0.000000761. The first-order valence-corrected chi connectivity index (χ1v) is 25.1. The number of hydrogen-bond donors (Lipinski definition) is 0. The molecule has 1 aliphatic carbocycles. The number of hydrogen-bond acceptors (Lipinski definition) is 5. The molecule has 0 spiro atoms. The molecule has 4 aliphatic rings. The van der Waals surface area contributed by atoms with E-state index in [1.807, 2.05) is 17.7 Å². The number of halogens is 2. The summed E-state index contributed by atoms with van der Waals surface area (Å²) in [5, 5.41) is 0. The largest absolute Gasteiger partial charge is 0.379 e. The molecule has 3 saturated heterocycles. The van der Waals surface area contributed by atoms with Gasteiger partial charge < -0.3 is 14.5 Å². The minimum Gasteiger partial charge on any atom is -0.379 e. The molecule has 0 radical (unpaired) electrons. The van der Waals surface area contributed by atoms with Crippen LogP contribution < -0.4 is 4.57 Å². The van der Waals surface area contributed by atoms with E-state index in [-0.39, 0.29) is 18.7 Å². The number of nitrogens with zero attached hydrogens (tertiary/aromatic N) is 5. The Morgan fingerprint density at radius 2 is 1.11 bits per heavy atom. The Morgan fingerprint density at radius 1 is 0.635 bits per heavy atom. The first-order chi connectivity index (χ1) is 28.3. The highest BCUT2D eigenvalue weighted by atomic mass is 19.1. The van der Waals surface area contributed by atoms with Crippen LogP contribution in [0.4, 0.5) is 8.78 Å². The van der Waals surface area contributed by atoms with Gasteiger partial charge in [-0.15, -0.1) is 0 Å². The Bertz CT molecular complexity index is 1270. The summed E-state index contributed by atoms with van der Waals surface area (Å²) in [7, 11) is 0. The van der Waals surface area contributed by atoms with Crippen molar-refractivity contribution in [2.24, 2.45) is 33.0 Å². The minimum atomic E-state index is -0.905. The van der Waals surface area contributed by atoms with Crippen LogP contribution in [0.15, 0.2) is 18.5 Å².